The topological polar surface area (TPSA) is 137 Å². The molecule has 230 valence electrons. The molecule has 3 amide bonds. The highest BCUT2D eigenvalue weighted by atomic mass is 16.2. The molecule has 1 aromatic heterocycles. The molecular formula is C33H40N8O3. The van der Waals surface area contributed by atoms with E-state index in [1.807, 2.05) is 41.3 Å². The highest BCUT2D eigenvalue weighted by Crippen LogP contribution is 2.40. The molecular weight excluding hydrogens is 556 g/mol. The van der Waals surface area contributed by atoms with Gasteiger partial charge in [0, 0.05) is 68.7 Å². The maximum atomic E-state index is 13.1. The van der Waals surface area contributed by atoms with Crippen molar-refractivity contribution >= 4 is 40.7 Å². The van der Waals surface area contributed by atoms with Gasteiger partial charge in [0.2, 0.25) is 5.91 Å². The molecule has 3 aliphatic rings. The number of anilines is 4. The first kappa shape index (κ1) is 29.4. The van der Waals surface area contributed by atoms with Crippen molar-refractivity contribution < 1.29 is 14.4 Å². The largest absolute Gasteiger partial charge is 0.368 e. The predicted octanol–water partition coefficient (Wildman–Crippen LogP) is 3.65. The zero-order valence-electron chi connectivity index (χ0n) is 25.3. The third-order valence-electron chi connectivity index (χ3n) is 9.03. The molecule has 3 heterocycles. The van der Waals surface area contributed by atoms with Crippen LogP contribution >= 0.6 is 0 Å². The lowest BCUT2D eigenvalue weighted by molar-refractivity contribution is -0.129. The molecule has 2 atom stereocenters. The number of nitrogens with one attached hydrogen (secondary N) is 2. The maximum absolute atomic E-state index is 13.1. The number of amides is 3. The molecule has 0 unspecified atom stereocenters. The van der Waals surface area contributed by atoms with E-state index in [2.05, 4.69) is 44.5 Å². The van der Waals surface area contributed by atoms with E-state index in [0.29, 0.717) is 30.4 Å². The van der Waals surface area contributed by atoms with Gasteiger partial charge in [0.1, 0.15) is 5.82 Å². The summed E-state index contributed by atoms with van der Waals surface area (Å²) in [5, 5.41) is 6.47. The van der Waals surface area contributed by atoms with E-state index in [1.54, 1.807) is 13.1 Å². The highest BCUT2D eigenvalue weighted by Gasteiger charge is 2.31. The van der Waals surface area contributed by atoms with Gasteiger partial charge in [0.15, 0.2) is 11.5 Å². The third-order valence-corrected chi connectivity index (χ3v) is 9.03. The Kier molecular flexibility index (Phi) is 8.36. The van der Waals surface area contributed by atoms with Crippen molar-refractivity contribution in [2.24, 2.45) is 5.73 Å². The molecule has 44 heavy (non-hydrogen) atoms. The minimum Gasteiger partial charge on any atom is -0.368 e. The van der Waals surface area contributed by atoms with E-state index in [9.17, 15) is 14.4 Å². The highest BCUT2D eigenvalue weighted by molar-refractivity contribution is 5.96. The molecule has 0 radical (unpaired) electrons. The van der Waals surface area contributed by atoms with Gasteiger partial charge in [-0.3, -0.25) is 14.4 Å². The van der Waals surface area contributed by atoms with Gasteiger partial charge in [-0.05, 0) is 80.5 Å². The molecule has 0 bridgehead atoms. The third kappa shape index (κ3) is 6.46. The van der Waals surface area contributed by atoms with Crippen LogP contribution in [0.5, 0.6) is 0 Å². The quantitative estimate of drug-likeness (QED) is 0.359. The zero-order chi connectivity index (χ0) is 30.8. The minimum atomic E-state index is -0.670. The number of rotatable bonds is 8. The fraction of sp³-hybridized carbons (Fsp3) is 0.424. The van der Waals surface area contributed by atoms with Crippen LogP contribution in [0, 0.1) is 0 Å². The molecule has 0 spiro atoms. The number of piperazine rings is 1. The molecule has 2 saturated heterocycles. The fourth-order valence-corrected chi connectivity index (χ4v) is 6.19. The number of nitrogens with two attached hydrogens (primary N) is 1. The van der Waals surface area contributed by atoms with Crippen LogP contribution in [-0.4, -0.2) is 77.4 Å². The SMILES string of the molecule is CC(=O)N1CCN(c2ccc(Nc3nc(N4CCC[C@@H](NC(=O)c5ccc(C6CC6)cc5)[C@H]4C)cnc3C(N)=O)cc2)CC1. The van der Waals surface area contributed by atoms with Crippen molar-refractivity contribution in [3.8, 4) is 0 Å². The van der Waals surface area contributed by atoms with E-state index >= 15 is 0 Å². The molecule has 1 aliphatic carbocycles. The first-order chi connectivity index (χ1) is 21.3. The lowest BCUT2D eigenvalue weighted by Gasteiger charge is -2.40. The van der Waals surface area contributed by atoms with Crippen LogP contribution in [-0.2, 0) is 4.79 Å². The van der Waals surface area contributed by atoms with Crippen molar-refractivity contribution in [1.82, 2.24) is 20.2 Å². The van der Waals surface area contributed by atoms with Gasteiger partial charge in [-0.15, -0.1) is 0 Å². The van der Waals surface area contributed by atoms with E-state index in [1.165, 1.54) is 18.4 Å². The van der Waals surface area contributed by atoms with Crippen LogP contribution in [0.25, 0.3) is 0 Å². The monoisotopic (exact) mass is 596 g/mol. The number of piperidine rings is 1. The second-order valence-corrected chi connectivity index (χ2v) is 12.0. The van der Waals surface area contributed by atoms with Crippen LogP contribution in [0.15, 0.2) is 54.7 Å². The van der Waals surface area contributed by atoms with Gasteiger partial charge < -0.3 is 31.1 Å². The number of hydrogen-bond acceptors (Lipinski definition) is 8. The van der Waals surface area contributed by atoms with Gasteiger partial charge in [0.25, 0.3) is 11.8 Å². The molecule has 4 N–H and O–H groups in total. The van der Waals surface area contributed by atoms with E-state index in [0.717, 1.165) is 43.9 Å². The normalized spacial score (nSPS) is 20.3. The Labute approximate surface area is 257 Å². The smallest absolute Gasteiger partial charge is 0.271 e. The molecule has 11 nitrogen and oxygen atoms in total. The van der Waals surface area contributed by atoms with Gasteiger partial charge in [0.05, 0.1) is 6.20 Å². The fourth-order valence-electron chi connectivity index (χ4n) is 6.19. The maximum Gasteiger partial charge on any atom is 0.271 e. The number of nitrogens with zero attached hydrogens (tertiary/aromatic N) is 5. The lowest BCUT2D eigenvalue weighted by Crippen LogP contribution is -2.54. The van der Waals surface area contributed by atoms with E-state index < -0.39 is 5.91 Å². The molecule has 6 rings (SSSR count). The average Bonchev–Trinajstić information content (AvgIpc) is 3.88. The first-order valence-corrected chi connectivity index (χ1v) is 15.5. The second-order valence-electron chi connectivity index (χ2n) is 12.0. The molecule has 2 aliphatic heterocycles. The Hall–Kier alpha value is -4.67. The summed E-state index contributed by atoms with van der Waals surface area (Å²) in [6.07, 6.45) is 5.77. The first-order valence-electron chi connectivity index (χ1n) is 15.5. The van der Waals surface area contributed by atoms with Crippen molar-refractivity contribution in [2.45, 2.75) is 57.5 Å². The zero-order valence-corrected chi connectivity index (χ0v) is 25.3. The summed E-state index contributed by atoms with van der Waals surface area (Å²) in [5.74, 6) is 0.903. The van der Waals surface area contributed by atoms with Crippen molar-refractivity contribution in [1.29, 1.82) is 0 Å². The molecule has 2 aromatic carbocycles. The van der Waals surface area contributed by atoms with Gasteiger partial charge in [-0.1, -0.05) is 12.1 Å². The summed E-state index contributed by atoms with van der Waals surface area (Å²) in [7, 11) is 0. The van der Waals surface area contributed by atoms with Gasteiger partial charge in [-0.25, -0.2) is 9.97 Å². The van der Waals surface area contributed by atoms with E-state index in [-0.39, 0.29) is 35.4 Å². The van der Waals surface area contributed by atoms with Crippen molar-refractivity contribution in [2.75, 3.05) is 47.8 Å². The van der Waals surface area contributed by atoms with Crippen LogP contribution in [0.2, 0.25) is 0 Å². The Bertz CT molecular complexity index is 1510. The molecule has 3 aromatic rings. The van der Waals surface area contributed by atoms with Crippen molar-refractivity contribution in [3.63, 3.8) is 0 Å². The minimum absolute atomic E-state index is 0.0391. The number of primary amides is 1. The summed E-state index contributed by atoms with van der Waals surface area (Å²) in [5.41, 5.74) is 9.50. The van der Waals surface area contributed by atoms with E-state index in [4.69, 9.17) is 10.7 Å². The summed E-state index contributed by atoms with van der Waals surface area (Å²) < 4.78 is 0. The Morgan fingerprint density at radius 2 is 1.61 bits per heavy atom. The molecule has 3 fully saturated rings. The van der Waals surface area contributed by atoms with Crippen LogP contribution in [0.4, 0.5) is 23.0 Å². The Balaban J connectivity index is 1.13. The average molecular weight is 597 g/mol. The summed E-state index contributed by atoms with van der Waals surface area (Å²) in [6.45, 7) is 7.37. The number of aromatic nitrogens is 2. The summed E-state index contributed by atoms with van der Waals surface area (Å²) in [6, 6.07) is 15.7. The van der Waals surface area contributed by atoms with Gasteiger partial charge >= 0.3 is 0 Å². The van der Waals surface area contributed by atoms with Crippen LogP contribution in [0.3, 0.4) is 0 Å². The summed E-state index contributed by atoms with van der Waals surface area (Å²) >= 11 is 0. The number of carbonyl (C=O) groups is 3. The number of carbonyl (C=O) groups excluding carboxylic acids is 3. The lowest BCUT2D eigenvalue weighted by atomic mass is 9.97. The van der Waals surface area contributed by atoms with Crippen LogP contribution < -0.4 is 26.2 Å². The Morgan fingerprint density at radius 1 is 0.909 bits per heavy atom. The van der Waals surface area contributed by atoms with Crippen molar-refractivity contribution in [3.05, 3.63) is 71.5 Å². The second kappa shape index (κ2) is 12.5. The number of hydrogen-bond donors (Lipinski definition) is 3. The molecule has 11 heteroatoms. The van der Waals surface area contributed by atoms with Gasteiger partial charge in [-0.2, -0.15) is 0 Å². The number of benzene rings is 2. The van der Waals surface area contributed by atoms with Crippen LogP contribution in [0.1, 0.15) is 71.9 Å². The summed E-state index contributed by atoms with van der Waals surface area (Å²) in [4.78, 5) is 52.4. The molecule has 1 saturated carbocycles. The standard InChI is InChI=1S/C33H40N8O3/c1-21-28(37-33(44)25-9-7-24(8-10-25)23-5-6-23)4-3-15-41(21)29-20-35-30(31(34)43)32(38-29)36-26-11-13-27(14-12-26)40-18-16-39(17-19-40)22(2)42/h7-14,20-21,23,28H,3-6,15-19H2,1-2H3,(H2,34,43)(H,36,38)(H,37,44)/t21-,28-/m1/s1. The predicted molar refractivity (Wildman–Crippen MR) is 170 cm³/mol. The Morgan fingerprint density at radius 3 is 2.25 bits per heavy atom.